The lowest BCUT2D eigenvalue weighted by Gasteiger charge is -2.26. The molecule has 4 nitrogen and oxygen atoms in total. The summed E-state index contributed by atoms with van der Waals surface area (Å²) in [7, 11) is 0. The molecule has 65 heavy (non-hydrogen) atoms. The lowest BCUT2D eigenvalue weighted by atomic mass is 10.0. The number of para-hydroxylation sites is 4. The Bertz CT molecular complexity index is 4160. The van der Waals surface area contributed by atoms with Crippen molar-refractivity contribution in [1.82, 2.24) is 9.13 Å². The van der Waals surface area contributed by atoms with Crippen LogP contribution in [0.3, 0.4) is 0 Å². The number of hydrogen-bond donors (Lipinski definition) is 0. The van der Waals surface area contributed by atoms with Gasteiger partial charge >= 0.3 is 0 Å². The number of anilines is 3. The molecule has 4 heterocycles. The van der Waals surface area contributed by atoms with Crippen molar-refractivity contribution < 1.29 is 4.42 Å². The van der Waals surface area contributed by atoms with Crippen molar-refractivity contribution in [2.75, 3.05) is 4.90 Å². The maximum absolute atomic E-state index is 6.24. The van der Waals surface area contributed by atoms with Gasteiger partial charge in [0.2, 0.25) is 0 Å². The molecule has 14 rings (SSSR count). The van der Waals surface area contributed by atoms with Crippen molar-refractivity contribution in [3.63, 3.8) is 0 Å². The average molecular weight is 848 g/mol. The zero-order valence-corrected chi connectivity index (χ0v) is 35.8. The minimum absolute atomic E-state index is 0.904. The van der Waals surface area contributed by atoms with Gasteiger partial charge in [-0.1, -0.05) is 127 Å². The van der Waals surface area contributed by atoms with Crippen LogP contribution in [0.2, 0.25) is 0 Å². The number of hydrogen-bond acceptors (Lipinski definition) is 3. The van der Waals surface area contributed by atoms with Gasteiger partial charge in [-0.05, 0) is 108 Å². The zero-order chi connectivity index (χ0) is 42.6. The van der Waals surface area contributed by atoms with Crippen LogP contribution in [0.15, 0.2) is 229 Å². The summed E-state index contributed by atoms with van der Waals surface area (Å²) in [5.74, 6) is 0. The van der Waals surface area contributed by atoms with Crippen LogP contribution in [0.25, 0.3) is 108 Å². The maximum atomic E-state index is 6.24. The molecule has 0 fully saturated rings. The predicted molar refractivity (Wildman–Crippen MR) is 275 cm³/mol. The second-order valence-corrected chi connectivity index (χ2v) is 17.9. The van der Waals surface area contributed by atoms with E-state index in [0.717, 1.165) is 50.4 Å². The second kappa shape index (κ2) is 14.1. The van der Waals surface area contributed by atoms with Crippen molar-refractivity contribution in [2.24, 2.45) is 0 Å². The highest BCUT2D eigenvalue weighted by molar-refractivity contribution is 7.27. The Morgan fingerprint density at radius 3 is 1.45 bits per heavy atom. The predicted octanol–water partition coefficient (Wildman–Crippen LogP) is 17.3. The standard InChI is InChI=1S/C60H37N3OS/c1-3-13-38(14-4-1)39-23-25-41(26-24-39)61(40-15-5-2-6-16-40)42-27-29-43(30-28-42)62-51-20-10-7-18-48(51)57-53(62)34-32-46-47-33-35-54-58(60(47)65-59(46)57)49-19-8-11-21-52(49)63(54)44-31-36-56-50(37-44)45-17-9-12-22-55(45)64-56/h1-37H. The summed E-state index contributed by atoms with van der Waals surface area (Å²) >= 11 is 1.93. The minimum Gasteiger partial charge on any atom is -0.456 e. The molecule has 0 atom stereocenters. The largest absolute Gasteiger partial charge is 0.456 e. The molecule has 0 unspecified atom stereocenters. The number of thiophene rings is 1. The Morgan fingerprint density at radius 1 is 0.323 bits per heavy atom. The third-order valence-electron chi connectivity index (χ3n) is 13.3. The van der Waals surface area contributed by atoms with Crippen LogP contribution >= 0.6 is 11.3 Å². The highest BCUT2D eigenvalue weighted by Crippen LogP contribution is 2.48. The highest BCUT2D eigenvalue weighted by Gasteiger charge is 2.22. The van der Waals surface area contributed by atoms with E-state index in [-0.39, 0.29) is 0 Å². The van der Waals surface area contributed by atoms with Crippen molar-refractivity contribution in [3.05, 3.63) is 224 Å². The van der Waals surface area contributed by atoms with Gasteiger partial charge < -0.3 is 18.5 Å². The molecule has 10 aromatic carbocycles. The lowest BCUT2D eigenvalue weighted by molar-refractivity contribution is 0.669. The highest BCUT2D eigenvalue weighted by atomic mass is 32.1. The third kappa shape index (κ3) is 5.43. The van der Waals surface area contributed by atoms with Crippen LogP contribution in [0.5, 0.6) is 0 Å². The van der Waals surface area contributed by atoms with Gasteiger partial charge in [-0.15, -0.1) is 11.3 Å². The summed E-state index contributed by atoms with van der Waals surface area (Å²) in [5.41, 5.74) is 14.6. The van der Waals surface area contributed by atoms with Gasteiger partial charge in [0.1, 0.15) is 11.2 Å². The molecule has 0 aliphatic heterocycles. The number of nitrogens with zero attached hydrogens (tertiary/aromatic N) is 3. The molecule has 0 amide bonds. The number of benzene rings is 10. The first-order chi connectivity index (χ1) is 32.2. The molecule has 0 radical (unpaired) electrons. The van der Waals surface area contributed by atoms with E-state index in [9.17, 15) is 0 Å². The van der Waals surface area contributed by atoms with Gasteiger partial charge in [-0.25, -0.2) is 0 Å². The molecule has 5 heteroatoms. The summed E-state index contributed by atoms with van der Waals surface area (Å²) in [6.07, 6.45) is 0. The van der Waals surface area contributed by atoms with E-state index in [2.05, 4.69) is 226 Å². The van der Waals surface area contributed by atoms with E-state index in [1.54, 1.807) is 0 Å². The first kappa shape index (κ1) is 36.1. The molecule has 0 spiro atoms. The monoisotopic (exact) mass is 847 g/mol. The van der Waals surface area contributed by atoms with Gasteiger partial charge in [-0.2, -0.15) is 0 Å². The fourth-order valence-corrected chi connectivity index (χ4v) is 11.8. The minimum atomic E-state index is 0.904. The molecular formula is C60H37N3OS. The van der Waals surface area contributed by atoms with Gasteiger partial charge in [0.25, 0.3) is 0 Å². The zero-order valence-electron chi connectivity index (χ0n) is 35.0. The van der Waals surface area contributed by atoms with Crippen LogP contribution in [0.4, 0.5) is 17.1 Å². The molecule has 0 N–H and O–H groups in total. The molecule has 14 aromatic rings. The normalized spacial score (nSPS) is 12.0. The first-order valence-corrected chi connectivity index (χ1v) is 22.9. The van der Waals surface area contributed by atoms with Gasteiger partial charge in [-0.3, -0.25) is 0 Å². The lowest BCUT2D eigenvalue weighted by Crippen LogP contribution is -2.10. The first-order valence-electron chi connectivity index (χ1n) is 22.1. The maximum Gasteiger partial charge on any atom is 0.135 e. The van der Waals surface area contributed by atoms with E-state index in [4.69, 9.17) is 4.42 Å². The Balaban J connectivity index is 0.926. The van der Waals surface area contributed by atoms with Gasteiger partial charge in [0.15, 0.2) is 0 Å². The molecule has 0 aliphatic rings. The molecule has 4 aromatic heterocycles. The van der Waals surface area contributed by atoms with Crippen LogP contribution < -0.4 is 4.90 Å². The van der Waals surface area contributed by atoms with Gasteiger partial charge in [0.05, 0.1) is 22.1 Å². The van der Waals surface area contributed by atoms with Crippen molar-refractivity contribution >= 4 is 114 Å². The second-order valence-electron chi connectivity index (χ2n) is 16.9. The number of fused-ring (bicyclic) bond motifs is 14. The molecule has 0 aliphatic carbocycles. The molecule has 304 valence electrons. The third-order valence-corrected chi connectivity index (χ3v) is 14.6. The molecule has 0 saturated carbocycles. The van der Waals surface area contributed by atoms with Crippen molar-refractivity contribution in [2.45, 2.75) is 0 Å². The van der Waals surface area contributed by atoms with Crippen LogP contribution in [0, 0.1) is 0 Å². The summed E-state index contributed by atoms with van der Waals surface area (Å²) in [4.78, 5) is 2.33. The van der Waals surface area contributed by atoms with E-state index >= 15 is 0 Å². The Morgan fingerprint density at radius 2 is 0.800 bits per heavy atom. The molecular weight excluding hydrogens is 811 g/mol. The Kier molecular flexibility index (Phi) is 7.82. The fraction of sp³-hybridized carbons (Fsp3) is 0. The molecule has 0 bridgehead atoms. The quantitative estimate of drug-likeness (QED) is 0.167. The van der Waals surface area contributed by atoms with Gasteiger partial charge in [0, 0.05) is 80.9 Å². The van der Waals surface area contributed by atoms with Crippen LogP contribution in [0.1, 0.15) is 0 Å². The Labute approximate surface area is 377 Å². The summed E-state index contributed by atoms with van der Waals surface area (Å²) in [6, 6.07) is 81.1. The van der Waals surface area contributed by atoms with Crippen molar-refractivity contribution in [3.8, 4) is 22.5 Å². The summed E-state index contributed by atoms with van der Waals surface area (Å²) < 4.78 is 13.7. The van der Waals surface area contributed by atoms with E-state index in [1.807, 2.05) is 23.5 Å². The summed E-state index contributed by atoms with van der Waals surface area (Å²) in [6.45, 7) is 0. The average Bonchev–Trinajstić information content (AvgIpc) is 4.12. The SMILES string of the molecule is c1ccc(-c2ccc(N(c3ccccc3)c3ccc(-n4c5ccccc5c5c6sc7c(ccc8c7c7ccccc7n8-c7ccc8oc9ccccc9c8c7)c6ccc54)cc3)cc2)cc1. The van der Waals surface area contributed by atoms with E-state index in [1.165, 1.54) is 74.9 Å². The smallest absolute Gasteiger partial charge is 0.135 e. The summed E-state index contributed by atoms with van der Waals surface area (Å²) in [5, 5.41) is 9.94. The Hall–Kier alpha value is -8.38. The topological polar surface area (TPSA) is 26.2 Å². The van der Waals surface area contributed by atoms with Crippen LogP contribution in [-0.2, 0) is 0 Å². The fourth-order valence-electron chi connectivity index (χ4n) is 10.4. The molecule has 0 saturated heterocycles. The van der Waals surface area contributed by atoms with Crippen LogP contribution in [-0.4, -0.2) is 9.13 Å². The van der Waals surface area contributed by atoms with E-state index in [0.29, 0.717) is 0 Å². The number of rotatable bonds is 6. The van der Waals surface area contributed by atoms with E-state index < -0.39 is 0 Å². The number of furan rings is 1. The van der Waals surface area contributed by atoms with Crippen molar-refractivity contribution in [1.29, 1.82) is 0 Å². The number of aromatic nitrogens is 2.